The van der Waals surface area contributed by atoms with Gasteiger partial charge >= 0.3 is 0 Å². The van der Waals surface area contributed by atoms with Crippen LogP contribution in [-0.4, -0.2) is 10.9 Å². The molecule has 0 radical (unpaired) electrons. The van der Waals surface area contributed by atoms with Crippen molar-refractivity contribution in [3.05, 3.63) is 95.8 Å². The highest BCUT2D eigenvalue weighted by molar-refractivity contribution is 6.04. The normalized spacial score (nSPS) is 10.7. The molecule has 3 aromatic carbocycles. The largest absolute Gasteiger partial charge is 0.322 e. The second kappa shape index (κ2) is 7.00. The van der Waals surface area contributed by atoms with Gasteiger partial charge in [0.25, 0.3) is 5.91 Å². The number of aryl methyl sites for hydroxylation is 1. The van der Waals surface area contributed by atoms with Gasteiger partial charge in [-0.3, -0.25) is 4.79 Å². The third kappa shape index (κ3) is 3.55. The van der Waals surface area contributed by atoms with E-state index in [2.05, 4.69) is 10.3 Å². The molecular weight excluding hydrogens is 339 g/mol. The first-order valence-corrected chi connectivity index (χ1v) is 8.64. The molecule has 0 fully saturated rings. The molecule has 4 rings (SSSR count). The Morgan fingerprint density at radius 3 is 2.52 bits per heavy atom. The number of nitrogens with zero attached hydrogens (tertiary/aromatic N) is 1. The van der Waals surface area contributed by atoms with Crippen LogP contribution in [0.1, 0.15) is 15.9 Å². The van der Waals surface area contributed by atoms with Gasteiger partial charge in [-0.1, -0.05) is 30.3 Å². The number of halogens is 1. The zero-order valence-electron chi connectivity index (χ0n) is 14.7. The van der Waals surface area contributed by atoms with Crippen molar-refractivity contribution in [3.8, 4) is 11.3 Å². The fraction of sp³-hybridized carbons (Fsp3) is 0.0435. The van der Waals surface area contributed by atoms with E-state index in [4.69, 9.17) is 0 Å². The minimum atomic E-state index is -0.272. The summed E-state index contributed by atoms with van der Waals surface area (Å²) in [6.45, 7) is 1.94. The van der Waals surface area contributed by atoms with E-state index in [1.165, 1.54) is 12.1 Å². The first kappa shape index (κ1) is 16.9. The summed E-state index contributed by atoms with van der Waals surface area (Å²) in [5.74, 6) is -0.413. The Hall–Kier alpha value is -3.53. The standard InChI is InChI=1S/C23H17FN2O/c1-15-13-17(21-11-8-18-14-19(24)9-12-22(18)25-21)7-10-20(15)26-23(27)16-5-3-2-4-6-16/h2-14H,1H3,(H,26,27). The van der Waals surface area contributed by atoms with E-state index >= 15 is 0 Å². The summed E-state index contributed by atoms with van der Waals surface area (Å²) in [7, 11) is 0. The summed E-state index contributed by atoms with van der Waals surface area (Å²) in [4.78, 5) is 17.0. The molecule has 0 unspecified atom stereocenters. The van der Waals surface area contributed by atoms with Crippen molar-refractivity contribution in [1.29, 1.82) is 0 Å². The van der Waals surface area contributed by atoms with Crippen LogP contribution < -0.4 is 5.32 Å². The first-order chi connectivity index (χ1) is 13.1. The number of nitrogens with one attached hydrogen (secondary N) is 1. The van der Waals surface area contributed by atoms with E-state index in [0.717, 1.165) is 33.4 Å². The number of hydrogen-bond donors (Lipinski definition) is 1. The van der Waals surface area contributed by atoms with Gasteiger partial charge in [-0.05, 0) is 61.0 Å². The molecule has 27 heavy (non-hydrogen) atoms. The monoisotopic (exact) mass is 356 g/mol. The number of aromatic nitrogens is 1. The van der Waals surface area contributed by atoms with Crippen molar-refractivity contribution >= 4 is 22.5 Å². The molecule has 3 nitrogen and oxygen atoms in total. The molecule has 0 aliphatic rings. The molecule has 0 spiro atoms. The zero-order valence-corrected chi connectivity index (χ0v) is 14.7. The molecule has 4 aromatic rings. The predicted octanol–water partition coefficient (Wildman–Crippen LogP) is 5.60. The van der Waals surface area contributed by atoms with Crippen LogP contribution in [0.4, 0.5) is 10.1 Å². The van der Waals surface area contributed by atoms with Gasteiger partial charge in [0.05, 0.1) is 11.2 Å². The number of hydrogen-bond acceptors (Lipinski definition) is 2. The lowest BCUT2D eigenvalue weighted by Gasteiger charge is -2.11. The number of carbonyl (C=O) groups excluding carboxylic acids is 1. The molecule has 1 heterocycles. The third-order valence-electron chi connectivity index (χ3n) is 4.46. The summed E-state index contributed by atoms with van der Waals surface area (Å²) >= 11 is 0. The van der Waals surface area contributed by atoms with Gasteiger partial charge in [0.15, 0.2) is 0 Å². The number of anilines is 1. The molecule has 1 N–H and O–H groups in total. The molecule has 132 valence electrons. The van der Waals surface area contributed by atoms with Crippen molar-refractivity contribution in [2.75, 3.05) is 5.32 Å². The van der Waals surface area contributed by atoms with Crippen molar-refractivity contribution in [3.63, 3.8) is 0 Å². The van der Waals surface area contributed by atoms with Crippen LogP contribution >= 0.6 is 0 Å². The lowest BCUT2D eigenvalue weighted by Crippen LogP contribution is -2.12. The van der Waals surface area contributed by atoms with Crippen molar-refractivity contribution < 1.29 is 9.18 Å². The van der Waals surface area contributed by atoms with E-state index in [1.807, 2.05) is 55.5 Å². The second-order valence-electron chi connectivity index (χ2n) is 6.38. The molecule has 4 heteroatoms. The van der Waals surface area contributed by atoms with E-state index in [1.54, 1.807) is 18.2 Å². The van der Waals surface area contributed by atoms with Crippen LogP contribution in [-0.2, 0) is 0 Å². The zero-order chi connectivity index (χ0) is 18.8. The minimum absolute atomic E-state index is 0.141. The Morgan fingerprint density at radius 2 is 1.74 bits per heavy atom. The Bertz CT molecular complexity index is 1140. The summed E-state index contributed by atoms with van der Waals surface area (Å²) in [5.41, 5.74) is 4.81. The number of rotatable bonds is 3. The molecule has 1 amide bonds. The Labute approximate surface area is 156 Å². The van der Waals surface area contributed by atoms with Gasteiger partial charge < -0.3 is 5.32 Å². The van der Waals surface area contributed by atoms with Crippen LogP contribution in [0.3, 0.4) is 0 Å². The van der Waals surface area contributed by atoms with Crippen LogP contribution in [0.5, 0.6) is 0 Å². The first-order valence-electron chi connectivity index (χ1n) is 8.64. The van der Waals surface area contributed by atoms with Crippen molar-refractivity contribution in [2.45, 2.75) is 6.92 Å². The Balaban J connectivity index is 1.62. The molecule has 0 bridgehead atoms. The topological polar surface area (TPSA) is 42.0 Å². The summed E-state index contributed by atoms with van der Waals surface area (Å²) in [6.07, 6.45) is 0. The molecule has 0 aliphatic heterocycles. The highest BCUT2D eigenvalue weighted by Crippen LogP contribution is 2.26. The Kier molecular flexibility index (Phi) is 4.38. The quantitative estimate of drug-likeness (QED) is 0.519. The maximum absolute atomic E-state index is 13.3. The van der Waals surface area contributed by atoms with Gasteiger partial charge in [0.1, 0.15) is 5.82 Å². The fourth-order valence-corrected chi connectivity index (χ4v) is 3.00. The average molecular weight is 356 g/mol. The highest BCUT2D eigenvalue weighted by Gasteiger charge is 2.09. The molecule has 1 aromatic heterocycles. The van der Waals surface area contributed by atoms with E-state index in [9.17, 15) is 9.18 Å². The van der Waals surface area contributed by atoms with Crippen LogP contribution in [0, 0.1) is 12.7 Å². The van der Waals surface area contributed by atoms with Gasteiger partial charge in [-0.15, -0.1) is 0 Å². The van der Waals surface area contributed by atoms with Gasteiger partial charge in [0, 0.05) is 22.2 Å². The number of carbonyl (C=O) groups is 1. The van der Waals surface area contributed by atoms with E-state index in [-0.39, 0.29) is 11.7 Å². The second-order valence-corrected chi connectivity index (χ2v) is 6.38. The maximum atomic E-state index is 13.3. The average Bonchev–Trinajstić information content (AvgIpc) is 2.69. The van der Waals surface area contributed by atoms with Crippen LogP contribution in [0.25, 0.3) is 22.2 Å². The summed E-state index contributed by atoms with van der Waals surface area (Å²) in [6, 6.07) is 23.2. The summed E-state index contributed by atoms with van der Waals surface area (Å²) < 4.78 is 13.3. The Morgan fingerprint density at radius 1 is 0.926 bits per heavy atom. The van der Waals surface area contributed by atoms with E-state index in [0.29, 0.717) is 5.56 Å². The van der Waals surface area contributed by atoms with Gasteiger partial charge in [-0.2, -0.15) is 0 Å². The SMILES string of the molecule is Cc1cc(-c2ccc3cc(F)ccc3n2)ccc1NC(=O)c1ccccc1. The number of amides is 1. The number of fused-ring (bicyclic) bond motifs is 1. The van der Waals surface area contributed by atoms with Crippen molar-refractivity contribution in [1.82, 2.24) is 4.98 Å². The van der Waals surface area contributed by atoms with Crippen molar-refractivity contribution in [2.24, 2.45) is 0 Å². The lowest BCUT2D eigenvalue weighted by atomic mass is 10.0. The summed E-state index contributed by atoms with van der Waals surface area (Å²) in [5, 5.41) is 3.71. The number of pyridine rings is 1. The van der Waals surface area contributed by atoms with E-state index < -0.39 is 0 Å². The smallest absolute Gasteiger partial charge is 0.255 e. The minimum Gasteiger partial charge on any atom is -0.322 e. The van der Waals surface area contributed by atoms with Gasteiger partial charge in [0.2, 0.25) is 0 Å². The molecule has 0 aliphatic carbocycles. The highest BCUT2D eigenvalue weighted by atomic mass is 19.1. The van der Waals surface area contributed by atoms with Crippen LogP contribution in [0.2, 0.25) is 0 Å². The fourth-order valence-electron chi connectivity index (χ4n) is 3.00. The van der Waals surface area contributed by atoms with Gasteiger partial charge in [-0.25, -0.2) is 9.37 Å². The maximum Gasteiger partial charge on any atom is 0.255 e. The number of benzene rings is 3. The molecule has 0 atom stereocenters. The molecular formula is C23H17FN2O. The third-order valence-corrected chi connectivity index (χ3v) is 4.46. The molecule has 0 saturated heterocycles. The van der Waals surface area contributed by atoms with Crippen LogP contribution in [0.15, 0.2) is 78.9 Å². The lowest BCUT2D eigenvalue weighted by molar-refractivity contribution is 0.102. The predicted molar refractivity (Wildman–Crippen MR) is 106 cm³/mol. The molecule has 0 saturated carbocycles.